The maximum absolute atomic E-state index is 9.78. The Morgan fingerprint density at radius 2 is 1.14 bits per heavy atom. The van der Waals surface area contributed by atoms with E-state index in [-0.39, 0.29) is 0 Å². The number of aromatic nitrogens is 3. The van der Waals surface area contributed by atoms with Crippen molar-refractivity contribution in [2.75, 3.05) is 0 Å². The molecule has 0 aliphatic carbocycles. The summed E-state index contributed by atoms with van der Waals surface area (Å²) in [4.78, 5) is 5.26. The number of nitriles is 2. The van der Waals surface area contributed by atoms with Gasteiger partial charge in [-0.25, -0.2) is 4.98 Å². The highest BCUT2D eigenvalue weighted by Crippen LogP contribution is 2.41. The molecule has 0 unspecified atom stereocenters. The van der Waals surface area contributed by atoms with Crippen LogP contribution in [-0.2, 0) is 0 Å². The van der Waals surface area contributed by atoms with E-state index in [1.807, 2.05) is 72.8 Å². The zero-order chi connectivity index (χ0) is 28.7. The quantitative estimate of drug-likeness (QED) is 0.215. The number of hydrogen-bond donors (Lipinski definition) is 0. The molecule has 9 rings (SSSR count). The highest BCUT2D eigenvalue weighted by atomic mass is 16.3. The lowest BCUT2D eigenvalue weighted by Crippen LogP contribution is -2.03. The molecule has 4 aromatic heterocycles. The minimum atomic E-state index is 0.510. The van der Waals surface area contributed by atoms with Gasteiger partial charge in [0.2, 0.25) is 0 Å². The number of benzene rings is 5. The van der Waals surface area contributed by atoms with Gasteiger partial charge in [0.05, 0.1) is 39.3 Å². The van der Waals surface area contributed by atoms with Crippen molar-refractivity contribution in [2.45, 2.75) is 0 Å². The first-order chi connectivity index (χ1) is 21.2. The fourth-order valence-electron chi connectivity index (χ4n) is 6.58. The van der Waals surface area contributed by atoms with Crippen LogP contribution < -0.4 is 0 Å². The van der Waals surface area contributed by atoms with E-state index >= 15 is 0 Å². The molecule has 0 N–H and O–H groups in total. The zero-order valence-electron chi connectivity index (χ0n) is 22.6. The van der Waals surface area contributed by atoms with Gasteiger partial charge >= 0.3 is 0 Å². The zero-order valence-corrected chi connectivity index (χ0v) is 22.6. The average molecular weight is 550 g/mol. The van der Waals surface area contributed by atoms with Gasteiger partial charge in [-0.3, -0.25) is 9.13 Å². The summed E-state index contributed by atoms with van der Waals surface area (Å²) in [6.45, 7) is 0. The molecule has 6 nitrogen and oxygen atoms in total. The molecule has 5 aromatic carbocycles. The number of furan rings is 1. The first-order valence-corrected chi connectivity index (χ1v) is 13.9. The molecular formula is C37H19N5O. The van der Waals surface area contributed by atoms with E-state index in [0.717, 1.165) is 71.6 Å². The highest BCUT2D eigenvalue weighted by molar-refractivity contribution is 6.21. The molecule has 6 heteroatoms. The Morgan fingerprint density at radius 1 is 0.512 bits per heavy atom. The van der Waals surface area contributed by atoms with Crippen LogP contribution in [0.15, 0.2) is 120 Å². The Morgan fingerprint density at radius 3 is 1.93 bits per heavy atom. The van der Waals surface area contributed by atoms with Gasteiger partial charge in [0.1, 0.15) is 17.7 Å². The van der Waals surface area contributed by atoms with E-state index < -0.39 is 0 Å². The monoisotopic (exact) mass is 549 g/mol. The van der Waals surface area contributed by atoms with E-state index in [9.17, 15) is 10.5 Å². The van der Waals surface area contributed by atoms with Gasteiger partial charge in [-0.05, 0) is 54.6 Å². The summed E-state index contributed by atoms with van der Waals surface area (Å²) >= 11 is 0. The van der Waals surface area contributed by atoms with Gasteiger partial charge in [0, 0.05) is 32.3 Å². The number of rotatable bonds is 2. The molecule has 43 heavy (non-hydrogen) atoms. The Kier molecular flexibility index (Phi) is 4.65. The van der Waals surface area contributed by atoms with E-state index in [2.05, 4.69) is 57.7 Å². The van der Waals surface area contributed by atoms with Crippen LogP contribution in [0.1, 0.15) is 11.1 Å². The number of fused-ring (bicyclic) bond motifs is 10. The predicted molar refractivity (Wildman–Crippen MR) is 170 cm³/mol. The van der Waals surface area contributed by atoms with E-state index in [1.165, 1.54) is 0 Å². The third kappa shape index (κ3) is 3.12. The molecular weight excluding hydrogens is 530 g/mol. The average Bonchev–Trinajstić information content (AvgIpc) is 3.72. The number of hydrogen-bond acceptors (Lipinski definition) is 4. The molecule has 4 heterocycles. The first kappa shape index (κ1) is 23.3. The summed E-state index contributed by atoms with van der Waals surface area (Å²) in [5, 5.41) is 25.4. The van der Waals surface area contributed by atoms with Crippen LogP contribution in [-0.4, -0.2) is 14.1 Å². The largest absolute Gasteiger partial charge is 0.452 e. The molecule has 0 saturated heterocycles. The van der Waals surface area contributed by atoms with Crippen molar-refractivity contribution in [1.82, 2.24) is 14.1 Å². The van der Waals surface area contributed by atoms with E-state index in [0.29, 0.717) is 16.7 Å². The van der Waals surface area contributed by atoms with Crippen LogP contribution in [0.3, 0.4) is 0 Å². The van der Waals surface area contributed by atoms with Crippen molar-refractivity contribution in [1.29, 1.82) is 10.5 Å². The molecule has 0 bridgehead atoms. The standard InChI is InChI=1S/C37H19N5O/c38-20-22-15-18-32-29(19-22)25-9-2-3-11-30(25)41(32)33-13-6-14-34(40-33)42-31-12-4-1-8-24(31)26-16-17-28-27-10-5-7-23(21-39)36(27)43-37(28)35(26)42/h1-19H. The minimum Gasteiger partial charge on any atom is -0.452 e. The lowest BCUT2D eigenvalue weighted by atomic mass is 10.1. The van der Waals surface area contributed by atoms with Crippen molar-refractivity contribution in [2.24, 2.45) is 0 Å². The molecule has 9 aromatic rings. The number of nitrogens with zero attached hydrogens (tertiary/aromatic N) is 5. The third-order valence-electron chi connectivity index (χ3n) is 8.40. The summed E-state index contributed by atoms with van der Waals surface area (Å²) in [7, 11) is 0. The van der Waals surface area contributed by atoms with Crippen molar-refractivity contribution in [3.63, 3.8) is 0 Å². The molecule has 0 aliphatic rings. The molecule has 0 spiro atoms. The Balaban J connectivity index is 1.39. The normalized spacial score (nSPS) is 11.7. The first-order valence-electron chi connectivity index (χ1n) is 13.9. The predicted octanol–water partition coefficient (Wildman–Crippen LogP) is 8.92. The van der Waals surface area contributed by atoms with Crippen LogP contribution in [0, 0.1) is 22.7 Å². The maximum atomic E-state index is 9.78. The molecule has 0 aliphatic heterocycles. The molecule has 0 radical (unpaired) electrons. The van der Waals surface area contributed by atoms with E-state index in [4.69, 9.17) is 9.40 Å². The van der Waals surface area contributed by atoms with Gasteiger partial charge in [0.25, 0.3) is 0 Å². The Labute approximate surface area is 244 Å². The second kappa shape index (κ2) is 8.57. The molecule has 0 fully saturated rings. The summed E-state index contributed by atoms with van der Waals surface area (Å²) in [6.07, 6.45) is 0. The third-order valence-corrected chi connectivity index (χ3v) is 8.40. The van der Waals surface area contributed by atoms with Gasteiger partial charge < -0.3 is 4.42 Å². The second-order valence-electron chi connectivity index (χ2n) is 10.6. The van der Waals surface area contributed by atoms with Gasteiger partial charge in [-0.2, -0.15) is 10.5 Å². The van der Waals surface area contributed by atoms with Gasteiger partial charge in [0.15, 0.2) is 11.2 Å². The summed E-state index contributed by atoms with van der Waals surface area (Å²) in [6, 6.07) is 42.8. The fraction of sp³-hybridized carbons (Fsp3) is 0. The lowest BCUT2D eigenvalue weighted by molar-refractivity contribution is 0.669. The Bertz CT molecular complexity index is 2710. The van der Waals surface area contributed by atoms with Crippen LogP contribution in [0.25, 0.3) is 77.2 Å². The van der Waals surface area contributed by atoms with Gasteiger partial charge in [-0.15, -0.1) is 0 Å². The fourth-order valence-corrected chi connectivity index (χ4v) is 6.58. The topological polar surface area (TPSA) is 83.5 Å². The van der Waals surface area contributed by atoms with Crippen LogP contribution >= 0.6 is 0 Å². The smallest absolute Gasteiger partial charge is 0.160 e. The number of pyridine rings is 1. The molecule has 198 valence electrons. The summed E-state index contributed by atoms with van der Waals surface area (Å²) < 4.78 is 10.8. The maximum Gasteiger partial charge on any atom is 0.160 e. The molecule has 0 saturated carbocycles. The van der Waals surface area contributed by atoms with Crippen LogP contribution in [0.4, 0.5) is 0 Å². The molecule has 0 atom stereocenters. The van der Waals surface area contributed by atoms with E-state index in [1.54, 1.807) is 6.07 Å². The summed E-state index contributed by atoms with van der Waals surface area (Å²) in [5.41, 5.74) is 6.36. The van der Waals surface area contributed by atoms with Crippen LogP contribution in [0.5, 0.6) is 0 Å². The molecule has 0 amide bonds. The van der Waals surface area contributed by atoms with Gasteiger partial charge in [-0.1, -0.05) is 60.7 Å². The SMILES string of the molecule is N#Cc1ccc2c(c1)c1ccccc1n2-c1cccc(-n2c3ccccc3c3ccc4c5cccc(C#N)c5oc4c32)n1. The van der Waals surface area contributed by atoms with Crippen LogP contribution in [0.2, 0.25) is 0 Å². The van der Waals surface area contributed by atoms with Crippen molar-refractivity contribution >= 4 is 65.6 Å². The number of para-hydroxylation sites is 3. The Hall–Kier alpha value is -6.37. The van der Waals surface area contributed by atoms with Crippen molar-refractivity contribution < 1.29 is 4.42 Å². The summed E-state index contributed by atoms with van der Waals surface area (Å²) in [5.74, 6) is 1.51. The highest BCUT2D eigenvalue weighted by Gasteiger charge is 2.21. The minimum absolute atomic E-state index is 0.510. The van der Waals surface area contributed by atoms with Crippen molar-refractivity contribution in [3.05, 3.63) is 126 Å². The van der Waals surface area contributed by atoms with Crippen molar-refractivity contribution in [3.8, 4) is 23.8 Å². The lowest BCUT2D eigenvalue weighted by Gasteiger charge is -2.11. The second-order valence-corrected chi connectivity index (χ2v) is 10.6.